The Morgan fingerprint density at radius 3 is 3.11 bits per heavy atom. The molecule has 0 spiro atoms. The first-order valence-corrected chi connectivity index (χ1v) is 7.80. The van der Waals surface area contributed by atoms with Crippen molar-refractivity contribution in [1.29, 1.82) is 0 Å². The minimum Gasteiger partial charge on any atom is -0.350 e. The van der Waals surface area contributed by atoms with Gasteiger partial charge in [0.2, 0.25) is 0 Å². The number of piperidine rings is 1. The van der Waals surface area contributed by atoms with Crippen molar-refractivity contribution in [3.63, 3.8) is 0 Å². The fraction of sp³-hybridized carbons (Fsp3) is 0.643. The second-order valence-corrected chi connectivity index (χ2v) is 5.92. The molecule has 1 N–H and O–H groups in total. The first-order chi connectivity index (χ1) is 9.22. The van der Waals surface area contributed by atoms with Crippen molar-refractivity contribution < 1.29 is 4.39 Å². The molecule has 0 amide bonds. The van der Waals surface area contributed by atoms with Crippen LogP contribution in [0.4, 0.5) is 10.2 Å². The molecular formula is C14H21BrFN3. The van der Waals surface area contributed by atoms with Gasteiger partial charge in [-0.2, -0.15) is 0 Å². The lowest BCUT2D eigenvalue weighted by Gasteiger charge is -2.37. The molecule has 1 aliphatic rings. The van der Waals surface area contributed by atoms with E-state index in [-0.39, 0.29) is 5.82 Å². The largest absolute Gasteiger partial charge is 0.350 e. The van der Waals surface area contributed by atoms with Gasteiger partial charge in [-0.3, -0.25) is 0 Å². The average Bonchev–Trinajstić information content (AvgIpc) is 2.40. The van der Waals surface area contributed by atoms with E-state index in [0.29, 0.717) is 16.3 Å². The van der Waals surface area contributed by atoms with E-state index in [1.807, 2.05) is 0 Å². The maximum Gasteiger partial charge on any atom is 0.166 e. The van der Waals surface area contributed by atoms with E-state index in [4.69, 9.17) is 0 Å². The van der Waals surface area contributed by atoms with Gasteiger partial charge in [0.25, 0.3) is 0 Å². The number of halogens is 2. The molecule has 1 aromatic heterocycles. The van der Waals surface area contributed by atoms with Crippen LogP contribution < -0.4 is 10.2 Å². The Morgan fingerprint density at radius 2 is 2.37 bits per heavy atom. The summed E-state index contributed by atoms with van der Waals surface area (Å²) in [4.78, 5) is 6.38. The minimum absolute atomic E-state index is 0.239. The zero-order chi connectivity index (χ0) is 13.7. The zero-order valence-corrected chi connectivity index (χ0v) is 12.9. The second kappa shape index (κ2) is 7.20. The summed E-state index contributed by atoms with van der Waals surface area (Å²) < 4.78 is 14.7. The Morgan fingerprint density at radius 1 is 1.53 bits per heavy atom. The monoisotopic (exact) mass is 329 g/mol. The molecule has 3 nitrogen and oxygen atoms in total. The van der Waals surface area contributed by atoms with Gasteiger partial charge in [-0.25, -0.2) is 9.37 Å². The van der Waals surface area contributed by atoms with Crippen LogP contribution in [-0.4, -0.2) is 30.7 Å². The number of hydrogen-bond donors (Lipinski definition) is 1. The highest BCUT2D eigenvalue weighted by molar-refractivity contribution is 9.10. The topological polar surface area (TPSA) is 28.2 Å². The van der Waals surface area contributed by atoms with Crippen LogP contribution in [-0.2, 0) is 0 Å². The maximum absolute atomic E-state index is 14.0. The van der Waals surface area contributed by atoms with Gasteiger partial charge in [-0.1, -0.05) is 6.92 Å². The van der Waals surface area contributed by atoms with Crippen LogP contribution in [0.5, 0.6) is 0 Å². The Balaban J connectivity index is 2.09. The minimum atomic E-state index is -0.239. The standard InChI is InChI=1S/C14H21BrFN3/c1-2-6-17-10-12-5-3-4-7-19(12)14-13(16)8-11(15)9-18-14/h8-9,12,17H,2-7,10H2,1H3. The summed E-state index contributed by atoms with van der Waals surface area (Å²) in [7, 11) is 0. The number of aromatic nitrogens is 1. The lowest BCUT2D eigenvalue weighted by molar-refractivity contribution is 0.426. The van der Waals surface area contributed by atoms with Crippen molar-refractivity contribution in [2.45, 2.75) is 38.6 Å². The molecule has 1 unspecified atom stereocenters. The number of anilines is 1. The number of rotatable bonds is 5. The highest BCUT2D eigenvalue weighted by Gasteiger charge is 2.25. The molecule has 1 aliphatic heterocycles. The van der Waals surface area contributed by atoms with Gasteiger partial charge in [0, 0.05) is 29.8 Å². The molecule has 2 rings (SSSR count). The van der Waals surface area contributed by atoms with Crippen molar-refractivity contribution in [2.24, 2.45) is 0 Å². The molecular weight excluding hydrogens is 309 g/mol. The van der Waals surface area contributed by atoms with E-state index in [1.54, 1.807) is 6.20 Å². The molecule has 0 bridgehead atoms. The molecule has 1 atom stereocenters. The fourth-order valence-electron chi connectivity index (χ4n) is 2.56. The predicted octanol–water partition coefficient (Wildman–Crippen LogP) is 3.34. The summed E-state index contributed by atoms with van der Waals surface area (Å²) >= 11 is 3.25. The third kappa shape index (κ3) is 3.89. The van der Waals surface area contributed by atoms with Crippen LogP contribution in [0.25, 0.3) is 0 Å². The van der Waals surface area contributed by atoms with E-state index in [2.05, 4.69) is 38.1 Å². The van der Waals surface area contributed by atoms with Gasteiger partial charge in [-0.05, 0) is 54.2 Å². The highest BCUT2D eigenvalue weighted by Crippen LogP contribution is 2.26. The molecule has 0 radical (unpaired) electrons. The first-order valence-electron chi connectivity index (χ1n) is 7.00. The Bertz CT molecular complexity index is 414. The molecule has 1 aromatic rings. The smallest absolute Gasteiger partial charge is 0.166 e. The third-order valence-corrected chi connectivity index (χ3v) is 3.93. The molecule has 0 saturated carbocycles. The SMILES string of the molecule is CCCNCC1CCCCN1c1ncc(Br)cc1F. The predicted molar refractivity (Wildman–Crippen MR) is 80.0 cm³/mol. The van der Waals surface area contributed by atoms with Gasteiger partial charge in [-0.15, -0.1) is 0 Å². The summed E-state index contributed by atoms with van der Waals surface area (Å²) in [6.45, 7) is 4.97. The number of nitrogens with zero attached hydrogens (tertiary/aromatic N) is 2. The quantitative estimate of drug-likeness (QED) is 0.840. The zero-order valence-electron chi connectivity index (χ0n) is 11.3. The van der Waals surface area contributed by atoms with Crippen LogP contribution in [0.15, 0.2) is 16.7 Å². The molecule has 1 saturated heterocycles. The van der Waals surface area contributed by atoms with Gasteiger partial charge in [0.05, 0.1) is 0 Å². The van der Waals surface area contributed by atoms with Crippen molar-refractivity contribution in [3.8, 4) is 0 Å². The van der Waals surface area contributed by atoms with E-state index >= 15 is 0 Å². The lowest BCUT2D eigenvalue weighted by atomic mass is 10.0. The van der Waals surface area contributed by atoms with E-state index < -0.39 is 0 Å². The van der Waals surface area contributed by atoms with Crippen LogP contribution in [0, 0.1) is 5.82 Å². The molecule has 2 heterocycles. The van der Waals surface area contributed by atoms with Crippen molar-refractivity contribution >= 4 is 21.7 Å². The lowest BCUT2D eigenvalue weighted by Crippen LogP contribution is -2.46. The Labute approximate surface area is 122 Å². The van der Waals surface area contributed by atoms with Gasteiger partial charge in [0.15, 0.2) is 11.6 Å². The van der Waals surface area contributed by atoms with Crippen LogP contribution in [0.3, 0.4) is 0 Å². The van der Waals surface area contributed by atoms with Crippen LogP contribution in [0.1, 0.15) is 32.6 Å². The highest BCUT2D eigenvalue weighted by atomic mass is 79.9. The van der Waals surface area contributed by atoms with E-state index in [1.165, 1.54) is 12.5 Å². The molecule has 5 heteroatoms. The molecule has 0 aromatic carbocycles. The van der Waals surface area contributed by atoms with Crippen molar-refractivity contribution in [1.82, 2.24) is 10.3 Å². The van der Waals surface area contributed by atoms with Gasteiger partial charge in [0.1, 0.15) is 0 Å². The maximum atomic E-state index is 14.0. The molecule has 0 aliphatic carbocycles. The average molecular weight is 330 g/mol. The van der Waals surface area contributed by atoms with Gasteiger partial charge < -0.3 is 10.2 Å². The summed E-state index contributed by atoms with van der Waals surface area (Å²) in [6, 6.07) is 1.84. The summed E-state index contributed by atoms with van der Waals surface area (Å²) in [5.41, 5.74) is 0. The number of pyridine rings is 1. The summed E-state index contributed by atoms with van der Waals surface area (Å²) in [6.07, 6.45) is 6.23. The van der Waals surface area contributed by atoms with Crippen LogP contribution in [0.2, 0.25) is 0 Å². The molecule has 1 fully saturated rings. The molecule has 19 heavy (non-hydrogen) atoms. The third-order valence-electron chi connectivity index (χ3n) is 3.49. The summed E-state index contributed by atoms with van der Waals surface area (Å²) in [5.74, 6) is 0.253. The summed E-state index contributed by atoms with van der Waals surface area (Å²) in [5, 5.41) is 3.43. The van der Waals surface area contributed by atoms with Gasteiger partial charge >= 0.3 is 0 Å². The van der Waals surface area contributed by atoms with Crippen molar-refractivity contribution in [2.75, 3.05) is 24.5 Å². The Hall–Kier alpha value is -0.680. The number of hydrogen-bond acceptors (Lipinski definition) is 3. The van der Waals surface area contributed by atoms with Crippen LogP contribution >= 0.6 is 15.9 Å². The fourth-order valence-corrected chi connectivity index (χ4v) is 2.86. The Kier molecular flexibility index (Phi) is 5.58. The number of nitrogens with one attached hydrogen (secondary N) is 1. The second-order valence-electron chi connectivity index (χ2n) is 5.01. The normalized spacial score (nSPS) is 19.7. The molecule has 106 valence electrons. The first kappa shape index (κ1) is 14.7. The van der Waals surface area contributed by atoms with Crippen molar-refractivity contribution in [3.05, 3.63) is 22.6 Å². The van der Waals surface area contributed by atoms with E-state index in [9.17, 15) is 4.39 Å². The van der Waals surface area contributed by atoms with E-state index in [0.717, 1.165) is 38.9 Å².